The van der Waals surface area contributed by atoms with Gasteiger partial charge in [0.2, 0.25) is 5.91 Å². The molecule has 1 fully saturated rings. The Morgan fingerprint density at radius 1 is 0.949 bits per heavy atom. The van der Waals surface area contributed by atoms with Crippen LogP contribution in [0.2, 0.25) is 0 Å². The molecule has 7 heteroatoms. The average molecular weight is 530 g/mol. The minimum atomic E-state index is -0.880. The number of nitrogens with one attached hydrogen (secondary N) is 2. The lowest BCUT2D eigenvalue weighted by molar-refractivity contribution is -0.141. The molecule has 3 aromatic rings. The number of hydrogen-bond donors (Lipinski definition) is 2. The third-order valence-corrected chi connectivity index (χ3v) is 6.89. The smallest absolute Gasteiger partial charge is 0.408 e. The van der Waals surface area contributed by atoms with Gasteiger partial charge in [0.15, 0.2) is 0 Å². The second-order valence-electron chi connectivity index (χ2n) is 11.8. The summed E-state index contributed by atoms with van der Waals surface area (Å²) in [6.45, 7) is 13.0. The Morgan fingerprint density at radius 3 is 2.15 bits per heavy atom. The maximum Gasteiger partial charge on any atom is 0.408 e. The normalized spacial score (nSPS) is 18.1. The topological polar surface area (TPSA) is 87.7 Å². The molecule has 4 rings (SSSR count). The van der Waals surface area contributed by atoms with Gasteiger partial charge in [-0.1, -0.05) is 66.6 Å². The summed E-state index contributed by atoms with van der Waals surface area (Å²) in [5.74, 6) is -0.384. The maximum absolute atomic E-state index is 14.1. The van der Waals surface area contributed by atoms with Crippen molar-refractivity contribution in [3.63, 3.8) is 0 Å². The third-order valence-electron chi connectivity index (χ3n) is 6.89. The third kappa shape index (κ3) is 6.96. The summed E-state index contributed by atoms with van der Waals surface area (Å²) in [5, 5.41) is 7.83. The van der Waals surface area contributed by atoms with E-state index in [4.69, 9.17) is 4.74 Å². The monoisotopic (exact) mass is 529 g/mol. The van der Waals surface area contributed by atoms with E-state index < -0.39 is 23.8 Å². The molecule has 1 saturated carbocycles. The van der Waals surface area contributed by atoms with Gasteiger partial charge in [-0.3, -0.25) is 9.59 Å². The molecule has 206 valence electrons. The highest BCUT2D eigenvalue weighted by molar-refractivity contribution is 6.00. The first-order valence-electron chi connectivity index (χ1n) is 13.5. The zero-order chi connectivity index (χ0) is 28.5. The van der Waals surface area contributed by atoms with Crippen LogP contribution in [0.25, 0.3) is 10.8 Å². The van der Waals surface area contributed by atoms with E-state index in [0.29, 0.717) is 5.69 Å². The Balaban J connectivity index is 1.69. The largest absolute Gasteiger partial charge is 0.444 e. The number of carbonyl (C=O) groups excluding carboxylic acids is 3. The first-order valence-corrected chi connectivity index (χ1v) is 13.5. The number of amides is 3. The van der Waals surface area contributed by atoms with Gasteiger partial charge in [0.25, 0.3) is 5.91 Å². The highest BCUT2D eigenvalue weighted by atomic mass is 16.6. The fraction of sp³-hybridized carbons (Fsp3) is 0.406. The number of ether oxygens (including phenoxy) is 1. The van der Waals surface area contributed by atoms with Gasteiger partial charge in [0.05, 0.1) is 0 Å². The van der Waals surface area contributed by atoms with Crippen molar-refractivity contribution >= 4 is 34.4 Å². The standard InChI is InChI=1S/C32H39N3O4/c1-19-14-20(2)16-25(15-19)28(29(36)34-26-13-12-23-10-8-9-11-24(23)18-26)35(27-17-21(27)3)30(37)22(4)33-31(38)39-32(5,6)7/h8-16,18,21-22,27-28H,17H2,1-7H3,(H,33,38)(H,34,36). The van der Waals surface area contributed by atoms with Gasteiger partial charge in [-0.2, -0.15) is 0 Å². The summed E-state index contributed by atoms with van der Waals surface area (Å²) >= 11 is 0. The summed E-state index contributed by atoms with van der Waals surface area (Å²) in [6.07, 6.45) is 0.117. The quantitative estimate of drug-likeness (QED) is 0.377. The van der Waals surface area contributed by atoms with Gasteiger partial charge in [-0.05, 0) is 82.3 Å². The zero-order valence-corrected chi connectivity index (χ0v) is 23.9. The van der Waals surface area contributed by atoms with Crippen LogP contribution in [-0.4, -0.2) is 40.5 Å². The van der Waals surface area contributed by atoms with E-state index in [1.54, 1.807) is 32.6 Å². The molecule has 2 N–H and O–H groups in total. The molecule has 39 heavy (non-hydrogen) atoms. The van der Waals surface area contributed by atoms with Crippen LogP contribution < -0.4 is 10.6 Å². The van der Waals surface area contributed by atoms with Crippen LogP contribution in [0, 0.1) is 19.8 Å². The lowest BCUT2D eigenvalue weighted by atomic mass is 9.98. The van der Waals surface area contributed by atoms with E-state index in [1.165, 1.54) is 0 Å². The van der Waals surface area contributed by atoms with Crippen molar-refractivity contribution in [3.05, 3.63) is 77.4 Å². The predicted octanol–water partition coefficient (Wildman–Crippen LogP) is 6.29. The summed E-state index contributed by atoms with van der Waals surface area (Å²) in [5.41, 5.74) is 2.71. The number of nitrogens with zero attached hydrogens (tertiary/aromatic N) is 1. The molecule has 4 unspecified atom stereocenters. The Bertz CT molecular complexity index is 1370. The minimum Gasteiger partial charge on any atom is -0.444 e. The number of alkyl carbamates (subject to hydrolysis) is 1. The fourth-order valence-electron chi connectivity index (χ4n) is 5.03. The highest BCUT2D eigenvalue weighted by Crippen LogP contribution is 2.41. The maximum atomic E-state index is 14.1. The van der Waals surface area contributed by atoms with Gasteiger partial charge in [0.1, 0.15) is 17.7 Å². The SMILES string of the molecule is Cc1cc(C)cc(C(C(=O)Nc2ccc3ccccc3c2)N(C(=O)C(C)NC(=O)OC(C)(C)C)C2CC2C)c1. The Hall–Kier alpha value is -3.87. The molecule has 0 saturated heterocycles. The van der Waals surface area contributed by atoms with Gasteiger partial charge < -0.3 is 20.3 Å². The number of rotatable bonds is 7. The lowest BCUT2D eigenvalue weighted by Crippen LogP contribution is -2.52. The zero-order valence-electron chi connectivity index (χ0n) is 23.9. The van der Waals surface area contributed by atoms with E-state index in [2.05, 4.69) is 17.6 Å². The van der Waals surface area contributed by atoms with Crippen molar-refractivity contribution in [2.75, 3.05) is 5.32 Å². The Kier molecular flexibility index (Phi) is 8.00. The van der Waals surface area contributed by atoms with Crippen LogP contribution in [0.15, 0.2) is 60.7 Å². The molecular formula is C32H39N3O4. The number of benzene rings is 3. The van der Waals surface area contributed by atoms with Crippen LogP contribution in [-0.2, 0) is 14.3 Å². The first-order chi connectivity index (χ1) is 18.3. The van der Waals surface area contributed by atoms with E-state index in [9.17, 15) is 14.4 Å². The lowest BCUT2D eigenvalue weighted by Gasteiger charge is -2.34. The molecule has 1 aliphatic rings. The molecule has 3 amide bonds. The summed E-state index contributed by atoms with van der Waals surface area (Å²) in [6, 6.07) is 17.8. The van der Waals surface area contributed by atoms with Gasteiger partial charge in [0, 0.05) is 11.7 Å². The van der Waals surface area contributed by atoms with Gasteiger partial charge in [-0.25, -0.2) is 4.79 Å². The average Bonchev–Trinajstić information content (AvgIpc) is 3.55. The second kappa shape index (κ2) is 11.1. The Labute approximate surface area is 230 Å². The molecule has 7 nitrogen and oxygen atoms in total. The molecule has 0 spiro atoms. The van der Waals surface area contributed by atoms with Crippen LogP contribution in [0.5, 0.6) is 0 Å². The molecule has 0 radical (unpaired) electrons. The van der Waals surface area contributed by atoms with E-state index >= 15 is 0 Å². The van der Waals surface area contributed by atoms with E-state index in [1.807, 2.05) is 74.5 Å². The number of fused-ring (bicyclic) bond motifs is 1. The summed E-state index contributed by atoms with van der Waals surface area (Å²) in [4.78, 5) is 42.2. The molecule has 1 aliphatic carbocycles. The number of anilines is 1. The van der Waals surface area contributed by atoms with Crippen LogP contribution in [0.3, 0.4) is 0 Å². The van der Waals surface area contributed by atoms with E-state index in [-0.39, 0.29) is 23.8 Å². The molecule has 0 heterocycles. The van der Waals surface area contributed by atoms with Crippen LogP contribution >= 0.6 is 0 Å². The number of aryl methyl sites for hydroxylation is 2. The Morgan fingerprint density at radius 2 is 1.56 bits per heavy atom. The molecule has 4 atom stereocenters. The van der Waals surface area contributed by atoms with Crippen molar-refractivity contribution in [3.8, 4) is 0 Å². The second-order valence-corrected chi connectivity index (χ2v) is 11.8. The molecule has 0 aromatic heterocycles. The summed E-state index contributed by atoms with van der Waals surface area (Å²) in [7, 11) is 0. The van der Waals surface area contributed by atoms with Crippen LogP contribution in [0.1, 0.15) is 63.8 Å². The highest BCUT2D eigenvalue weighted by Gasteiger charge is 2.47. The van der Waals surface area contributed by atoms with Crippen molar-refractivity contribution in [1.82, 2.24) is 10.2 Å². The van der Waals surface area contributed by atoms with Crippen molar-refractivity contribution in [2.24, 2.45) is 5.92 Å². The molecular weight excluding hydrogens is 490 g/mol. The van der Waals surface area contributed by atoms with E-state index in [0.717, 1.165) is 33.9 Å². The van der Waals surface area contributed by atoms with Crippen LogP contribution in [0.4, 0.5) is 10.5 Å². The number of hydrogen-bond acceptors (Lipinski definition) is 4. The van der Waals surface area contributed by atoms with Crippen molar-refractivity contribution in [1.29, 1.82) is 0 Å². The van der Waals surface area contributed by atoms with Crippen molar-refractivity contribution < 1.29 is 19.1 Å². The minimum absolute atomic E-state index is 0.117. The summed E-state index contributed by atoms with van der Waals surface area (Å²) < 4.78 is 5.37. The van der Waals surface area contributed by atoms with Gasteiger partial charge in [-0.15, -0.1) is 0 Å². The molecule has 3 aromatic carbocycles. The fourth-order valence-corrected chi connectivity index (χ4v) is 5.03. The van der Waals surface area contributed by atoms with Gasteiger partial charge >= 0.3 is 6.09 Å². The molecule has 0 bridgehead atoms. The predicted molar refractivity (Wildman–Crippen MR) is 154 cm³/mol. The first kappa shape index (κ1) is 28.1. The van der Waals surface area contributed by atoms with Crippen molar-refractivity contribution in [2.45, 2.75) is 78.6 Å². The molecule has 0 aliphatic heterocycles. The number of carbonyl (C=O) groups is 3.